The fraction of sp³-hybridized carbons (Fsp3) is 0.333. The van der Waals surface area contributed by atoms with Crippen LogP contribution in [0.4, 0.5) is 0 Å². The first-order chi connectivity index (χ1) is 7.16. The smallest absolute Gasteiger partial charge is 0.0805 e. The Hall–Kier alpha value is -0.680. The van der Waals surface area contributed by atoms with E-state index in [0.717, 1.165) is 6.42 Å². The lowest BCUT2D eigenvalue weighted by Gasteiger charge is -2.12. The molecular formula is C12H12Cl2O. The van der Waals surface area contributed by atoms with Crippen LogP contribution >= 0.6 is 23.2 Å². The Morgan fingerprint density at radius 2 is 2.13 bits per heavy atom. The molecule has 0 saturated carbocycles. The Labute approximate surface area is 100 Å². The summed E-state index contributed by atoms with van der Waals surface area (Å²) in [5.41, 5.74) is 0.668. The van der Waals surface area contributed by atoms with Crippen molar-refractivity contribution in [2.24, 2.45) is 0 Å². The molecule has 0 amide bonds. The van der Waals surface area contributed by atoms with Crippen LogP contribution in [0, 0.1) is 12.3 Å². The predicted octanol–water partition coefficient (Wildman–Crippen LogP) is 3.83. The number of unbranched alkanes of at least 4 members (excludes halogenated alkanes) is 1. The number of halogens is 2. The maximum Gasteiger partial charge on any atom is 0.0805 e. The Balaban J connectivity index is 2.70. The quantitative estimate of drug-likeness (QED) is 0.629. The van der Waals surface area contributed by atoms with Gasteiger partial charge in [-0.2, -0.15) is 0 Å². The Morgan fingerprint density at radius 3 is 2.80 bits per heavy atom. The van der Waals surface area contributed by atoms with Crippen LogP contribution in [0.25, 0.3) is 0 Å². The van der Waals surface area contributed by atoms with E-state index in [-0.39, 0.29) is 0 Å². The molecule has 0 spiro atoms. The van der Waals surface area contributed by atoms with Crippen molar-refractivity contribution in [1.29, 1.82) is 0 Å². The molecule has 1 N–H and O–H groups in total. The van der Waals surface area contributed by atoms with E-state index in [9.17, 15) is 5.11 Å². The predicted molar refractivity (Wildman–Crippen MR) is 64.1 cm³/mol. The first kappa shape index (κ1) is 12.4. The van der Waals surface area contributed by atoms with Gasteiger partial charge in [0.15, 0.2) is 0 Å². The summed E-state index contributed by atoms with van der Waals surface area (Å²) in [4.78, 5) is 0. The number of aliphatic hydroxyl groups is 1. The van der Waals surface area contributed by atoms with E-state index in [1.54, 1.807) is 18.2 Å². The van der Waals surface area contributed by atoms with Gasteiger partial charge in [0, 0.05) is 12.0 Å². The molecule has 0 aliphatic carbocycles. The molecule has 0 bridgehead atoms. The number of terminal acetylenes is 1. The topological polar surface area (TPSA) is 20.2 Å². The second-order valence-electron chi connectivity index (χ2n) is 3.26. The van der Waals surface area contributed by atoms with Crippen molar-refractivity contribution in [3.05, 3.63) is 33.8 Å². The number of hydrogen-bond donors (Lipinski definition) is 1. The molecule has 1 aromatic carbocycles. The van der Waals surface area contributed by atoms with Crippen LogP contribution in [-0.4, -0.2) is 5.11 Å². The molecule has 1 atom stereocenters. The minimum absolute atomic E-state index is 0.423. The summed E-state index contributed by atoms with van der Waals surface area (Å²) in [6, 6.07) is 5.24. The fourth-order valence-corrected chi connectivity index (χ4v) is 1.76. The summed E-state index contributed by atoms with van der Waals surface area (Å²) in [6.45, 7) is 0. The van der Waals surface area contributed by atoms with E-state index in [4.69, 9.17) is 29.6 Å². The zero-order valence-corrected chi connectivity index (χ0v) is 9.72. The zero-order valence-electron chi connectivity index (χ0n) is 8.21. The molecule has 1 nitrogen and oxygen atoms in total. The molecule has 0 aliphatic heterocycles. The molecule has 3 heteroatoms. The normalized spacial score (nSPS) is 12.1. The summed E-state index contributed by atoms with van der Waals surface area (Å²) in [5, 5.41) is 10.7. The van der Waals surface area contributed by atoms with Gasteiger partial charge in [-0.15, -0.1) is 12.3 Å². The van der Waals surface area contributed by atoms with Gasteiger partial charge < -0.3 is 5.11 Å². The van der Waals surface area contributed by atoms with Crippen molar-refractivity contribution >= 4 is 23.2 Å². The van der Waals surface area contributed by atoms with E-state index in [0.29, 0.717) is 28.5 Å². The second-order valence-corrected chi connectivity index (χ2v) is 4.04. The average molecular weight is 243 g/mol. The number of aliphatic hydroxyl groups excluding tert-OH is 1. The van der Waals surface area contributed by atoms with Gasteiger partial charge in [-0.25, -0.2) is 0 Å². The summed E-state index contributed by atoms with van der Waals surface area (Å²) in [7, 11) is 0. The summed E-state index contributed by atoms with van der Waals surface area (Å²) in [6.07, 6.45) is 6.58. The molecule has 0 aliphatic rings. The maximum absolute atomic E-state index is 9.84. The third kappa shape index (κ3) is 3.43. The lowest BCUT2D eigenvalue weighted by molar-refractivity contribution is 0.165. The Morgan fingerprint density at radius 1 is 1.40 bits per heavy atom. The highest BCUT2D eigenvalue weighted by molar-refractivity contribution is 6.42. The molecule has 0 aromatic heterocycles. The van der Waals surface area contributed by atoms with Crippen LogP contribution in [0.2, 0.25) is 10.0 Å². The van der Waals surface area contributed by atoms with Gasteiger partial charge >= 0.3 is 0 Å². The lowest BCUT2D eigenvalue weighted by Crippen LogP contribution is -1.98. The van der Waals surface area contributed by atoms with Gasteiger partial charge in [0.25, 0.3) is 0 Å². The van der Waals surface area contributed by atoms with Gasteiger partial charge in [0.1, 0.15) is 0 Å². The second kappa shape index (κ2) is 6.02. The van der Waals surface area contributed by atoms with Gasteiger partial charge in [-0.1, -0.05) is 35.3 Å². The van der Waals surface area contributed by atoms with E-state index in [1.165, 1.54) is 0 Å². The molecular weight excluding hydrogens is 231 g/mol. The average Bonchev–Trinajstić information content (AvgIpc) is 2.22. The number of hydrogen-bond acceptors (Lipinski definition) is 1. The molecule has 0 saturated heterocycles. The molecule has 0 fully saturated rings. The molecule has 1 aromatic rings. The van der Waals surface area contributed by atoms with Crippen LogP contribution < -0.4 is 0 Å². The first-order valence-electron chi connectivity index (χ1n) is 4.72. The standard InChI is InChI=1S/C12H12Cl2O/c1-2-3-4-8-11(15)9-6-5-7-10(13)12(9)14/h1,5-7,11,15H,3-4,8H2. The minimum Gasteiger partial charge on any atom is -0.388 e. The molecule has 0 heterocycles. The molecule has 1 unspecified atom stereocenters. The van der Waals surface area contributed by atoms with Gasteiger partial charge in [0.05, 0.1) is 16.1 Å². The molecule has 0 radical (unpaired) electrons. The van der Waals surface area contributed by atoms with Gasteiger partial charge in [0.2, 0.25) is 0 Å². The third-order valence-corrected chi connectivity index (χ3v) is 2.97. The summed E-state index contributed by atoms with van der Waals surface area (Å²) >= 11 is 11.8. The van der Waals surface area contributed by atoms with Crippen LogP contribution in [0.5, 0.6) is 0 Å². The van der Waals surface area contributed by atoms with Crippen LogP contribution in [0.1, 0.15) is 30.9 Å². The van der Waals surface area contributed by atoms with Crippen LogP contribution in [0.15, 0.2) is 18.2 Å². The number of benzene rings is 1. The molecule has 80 valence electrons. The van der Waals surface area contributed by atoms with E-state index < -0.39 is 6.10 Å². The van der Waals surface area contributed by atoms with Crippen molar-refractivity contribution in [2.75, 3.05) is 0 Å². The first-order valence-corrected chi connectivity index (χ1v) is 5.48. The van der Waals surface area contributed by atoms with Crippen molar-refractivity contribution in [2.45, 2.75) is 25.4 Å². The highest BCUT2D eigenvalue weighted by Crippen LogP contribution is 2.31. The largest absolute Gasteiger partial charge is 0.388 e. The Kier molecular flexibility index (Phi) is 4.98. The minimum atomic E-state index is -0.593. The van der Waals surface area contributed by atoms with Crippen LogP contribution in [-0.2, 0) is 0 Å². The number of rotatable bonds is 4. The van der Waals surface area contributed by atoms with E-state index >= 15 is 0 Å². The third-order valence-electron chi connectivity index (χ3n) is 2.14. The molecule has 15 heavy (non-hydrogen) atoms. The van der Waals surface area contributed by atoms with Gasteiger partial charge in [-0.3, -0.25) is 0 Å². The van der Waals surface area contributed by atoms with Crippen LogP contribution in [0.3, 0.4) is 0 Å². The summed E-state index contributed by atoms with van der Waals surface area (Å²) in [5.74, 6) is 2.53. The monoisotopic (exact) mass is 242 g/mol. The van der Waals surface area contributed by atoms with Crippen molar-refractivity contribution in [3.63, 3.8) is 0 Å². The fourth-order valence-electron chi connectivity index (χ4n) is 1.33. The lowest BCUT2D eigenvalue weighted by atomic mass is 10.0. The van der Waals surface area contributed by atoms with Crippen molar-refractivity contribution in [3.8, 4) is 12.3 Å². The van der Waals surface area contributed by atoms with Crippen molar-refractivity contribution < 1.29 is 5.11 Å². The molecule has 1 rings (SSSR count). The van der Waals surface area contributed by atoms with Gasteiger partial charge in [-0.05, 0) is 18.9 Å². The highest BCUT2D eigenvalue weighted by atomic mass is 35.5. The Bertz CT molecular complexity index is 368. The summed E-state index contributed by atoms with van der Waals surface area (Å²) < 4.78 is 0. The van der Waals surface area contributed by atoms with E-state index in [1.807, 2.05) is 0 Å². The van der Waals surface area contributed by atoms with Crippen molar-refractivity contribution in [1.82, 2.24) is 0 Å². The SMILES string of the molecule is C#CCCCC(O)c1cccc(Cl)c1Cl. The highest BCUT2D eigenvalue weighted by Gasteiger charge is 2.12. The maximum atomic E-state index is 9.84. The van der Waals surface area contributed by atoms with E-state index in [2.05, 4.69) is 5.92 Å². The zero-order chi connectivity index (χ0) is 11.3.